The number of hydrogen-bond acceptors (Lipinski definition) is 7. The van der Waals surface area contributed by atoms with E-state index in [1.165, 1.54) is 24.7 Å². The number of carbonyl (C=O) groups excluding carboxylic acids is 3. The highest BCUT2D eigenvalue weighted by Crippen LogP contribution is 2.12. The van der Waals surface area contributed by atoms with Crippen molar-refractivity contribution in [2.45, 2.75) is 44.8 Å². The third-order valence-corrected chi connectivity index (χ3v) is 5.01. The maximum atomic E-state index is 12.8. The summed E-state index contributed by atoms with van der Waals surface area (Å²) in [5.41, 5.74) is 7.09. The van der Waals surface area contributed by atoms with Crippen molar-refractivity contribution in [3.05, 3.63) is 48.0 Å². The van der Waals surface area contributed by atoms with Gasteiger partial charge in [-0.3, -0.25) is 14.4 Å². The lowest BCUT2D eigenvalue weighted by molar-refractivity contribution is -0.142. The largest absolute Gasteiger partial charge is 0.508 e. The van der Waals surface area contributed by atoms with E-state index in [0.29, 0.717) is 11.3 Å². The molecule has 0 radical (unpaired) electrons. The standard InChI is InChI=1S/C22H30N6O6/c1-12(2)19(21(32)27-17(22(33)34)7-13-3-5-15(29)6-4-13)28-18(30)10-25-20(31)16(23)8-14-9-24-11-26-14/h3-6,9,11-12,16-17,19,29H,7-8,10,23H2,1-2H3,(H,24,26)(H,25,31)(H,27,32)(H,28,30)(H,33,34). The first-order valence-corrected chi connectivity index (χ1v) is 10.7. The Bertz CT molecular complexity index is 976. The molecule has 0 saturated carbocycles. The zero-order valence-electron chi connectivity index (χ0n) is 18.9. The number of nitrogens with two attached hydrogens (primary N) is 1. The molecular formula is C22H30N6O6. The number of carboxylic acid groups (broad SMARTS) is 1. The number of nitrogens with zero attached hydrogens (tertiary/aromatic N) is 1. The fourth-order valence-corrected chi connectivity index (χ4v) is 3.11. The van der Waals surface area contributed by atoms with Gasteiger partial charge in [0.15, 0.2) is 0 Å². The summed E-state index contributed by atoms with van der Waals surface area (Å²) in [6.07, 6.45) is 3.20. The van der Waals surface area contributed by atoms with Crippen molar-refractivity contribution in [1.29, 1.82) is 0 Å². The van der Waals surface area contributed by atoms with E-state index < -0.39 is 48.4 Å². The number of aliphatic carboxylic acids is 1. The molecule has 8 N–H and O–H groups in total. The predicted molar refractivity (Wildman–Crippen MR) is 121 cm³/mol. The molecule has 34 heavy (non-hydrogen) atoms. The van der Waals surface area contributed by atoms with Gasteiger partial charge < -0.3 is 36.9 Å². The van der Waals surface area contributed by atoms with Crippen molar-refractivity contribution in [3.63, 3.8) is 0 Å². The molecular weight excluding hydrogens is 444 g/mol. The lowest BCUT2D eigenvalue weighted by atomic mass is 10.0. The van der Waals surface area contributed by atoms with Gasteiger partial charge in [-0.15, -0.1) is 0 Å². The van der Waals surface area contributed by atoms with Crippen LogP contribution in [0.5, 0.6) is 5.75 Å². The molecule has 0 aliphatic carbocycles. The first-order valence-electron chi connectivity index (χ1n) is 10.7. The molecule has 3 unspecified atom stereocenters. The highest BCUT2D eigenvalue weighted by atomic mass is 16.4. The molecule has 184 valence electrons. The average Bonchev–Trinajstić information content (AvgIpc) is 3.29. The number of phenolic OH excluding ortho intramolecular Hbond substituents is 1. The number of hydrogen-bond donors (Lipinski definition) is 7. The van der Waals surface area contributed by atoms with Gasteiger partial charge in [0, 0.05) is 24.7 Å². The van der Waals surface area contributed by atoms with Crippen molar-refractivity contribution < 1.29 is 29.4 Å². The average molecular weight is 475 g/mol. The van der Waals surface area contributed by atoms with E-state index in [-0.39, 0.29) is 24.5 Å². The molecule has 0 spiro atoms. The number of H-pyrrole nitrogens is 1. The zero-order valence-corrected chi connectivity index (χ0v) is 18.9. The van der Waals surface area contributed by atoms with Crippen LogP contribution in [0.2, 0.25) is 0 Å². The minimum Gasteiger partial charge on any atom is -0.508 e. The molecule has 3 amide bonds. The minimum absolute atomic E-state index is 0.00953. The number of benzene rings is 1. The maximum absolute atomic E-state index is 12.8. The Morgan fingerprint density at radius 3 is 2.29 bits per heavy atom. The van der Waals surface area contributed by atoms with Crippen LogP contribution < -0.4 is 21.7 Å². The molecule has 12 heteroatoms. The Balaban J connectivity index is 1.90. The molecule has 0 fully saturated rings. The van der Waals surface area contributed by atoms with Crippen LogP contribution in [0.15, 0.2) is 36.8 Å². The first kappa shape index (κ1) is 26.3. The van der Waals surface area contributed by atoms with Gasteiger partial charge in [0.25, 0.3) is 0 Å². The third kappa shape index (κ3) is 8.20. The molecule has 12 nitrogen and oxygen atoms in total. The number of aromatic nitrogens is 2. The highest BCUT2D eigenvalue weighted by Gasteiger charge is 2.29. The lowest BCUT2D eigenvalue weighted by Crippen LogP contribution is -2.56. The van der Waals surface area contributed by atoms with Gasteiger partial charge in [0.05, 0.1) is 18.9 Å². The number of carbonyl (C=O) groups is 4. The van der Waals surface area contributed by atoms with Crippen molar-refractivity contribution in [2.75, 3.05) is 6.54 Å². The molecule has 0 aliphatic rings. The van der Waals surface area contributed by atoms with E-state index in [1.54, 1.807) is 26.0 Å². The normalized spacial score (nSPS) is 13.5. The van der Waals surface area contributed by atoms with Crippen LogP contribution in [0.25, 0.3) is 0 Å². The molecule has 1 aromatic carbocycles. The number of aromatic hydroxyl groups is 1. The molecule has 2 rings (SSSR count). The fraction of sp³-hybridized carbons (Fsp3) is 0.409. The van der Waals surface area contributed by atoms with Gasteiger partial charge in [0.1, 0.15) is 17.8 Å². The minimum atomic E-state index is -1.24. The first-order chi connectivity index (χ1) is 16.1. The van der Waals surface area contributed by atoms with E-state index in [1.807, 2.05) is 0 Å². The van der Waals surface area contributed by atoms with E-state index >= 15 is 0 Å². The van der Waals surface area contributed by atoms with Gasteiger partial charge in [-0.25, -0.2) is 9.78 Å². The summed E-state index contributed by atoms with van der Waals surface area (Å²) in [6, 6.07) is 2.79. The topological polar surface area (TPSA) is 200 Å². The number of rotatable bonds is 12. The van der Waals surface area contributed by atoms with Crippen molar-refractivity contribution >= 4 is 23.7 Å². The van der Waals surface area contributed by atoms with Gasteiger partial charge in [-0.2, -0.15) is 0 Å². The predicted octanol–water partition coefficient (Wildman–Crippen LogP) is -0.946. The van der Waals surface area contributed by atoms with E-state index in [0.717, 1.165) is 0 Å². The third-order valence-electron chi connectivity index (χ3n) is 5.01. The van der Waals surface area contributed by atoms with Crippen molar-refractivity contribution in [1.82, 2.24) is 25.9 Å². The number of carboxylic acids is 1. The highest BCUT2D eigenvalue weighted by molar-refractivity contribution is 5.92. The Kier molecular flexibility index (Phi) is 9.56. The lowest BCUT2D eigenvalue weighted by Gasteiger charge is -2.24. The SMILES string of the molecule is CC(C)C(NC(=O)CNC(=O)C(N)Cc1cnc[nH]1)C(=O)NC(Cc1ccc(O)cc1)C(=O)O. The second-order valence-electron chi connectivity index (χ2n) is 8.16. The Hall–Kier alpha value is -3.93. The molecule has 1 heterocycles. The van der Waals surface area contributed by atoms with Crippen LogP contribution in [0, 0.1) is 5.92 Å². The monoisotopic (exact) mass is 474 g/mol. The molecule has 2 aromatic rings. The van der Waals surface area contributed by atoms with Crippen LogP contribution in [0.1, 0.15) is 25.1 Å². The van der Waals surface area contributed by atoms with Gasteiger partial charge in [0.2, 0.25) is 17.7 Å². The Morgan fingerprint density at radius 1 is 1.06 bits per heavy atom. The fourth-order valence-electron chi connectivity index (χ4n) is 3.11. The van der Waals surface area contributed by atoms with Gasteiger partial charge in [-0.1, -0.05) is 26.0 Å². The zero-order chi connectivity index (χ0) is 25.3. The van der Waals surface area contributed by atoms with Gasteiger partial charge in [-0.05, 0) is 23.6 Å². The second kappa shape index (κ2) is 12.3. The van der Waals surface area contributed by atoms with Gasteiger partial charge >= 0.3 is 5.97 Å². The number of imidazole rings is 1. The van der Waals surface area contributed by atoms with Crippen LogP contribution in [0.4, 0.5) is 0 Å². The number of aromatic amines is 1. The van der Waals surface area contributed by atoms with Crippen molar-refractivity contribution in [3.8, 4) is 5.75 Å². The summed E-state index contributed by atoms with van der Waals surface area (Å²) in [5, 5.41) is 26.3. The molecule has 0 saturated heterocycles. The quantitative estimate of drug-likeness (QED) is 0.204. The summed E-state index contributed by atoms with van der Waals surface area (Å²) in [4.78, 5) is 55.6. The summed E-state index contributed by atoms with van der Waals surface area (Å²) in [5.74, 6) is -3.40. The Morgan fingerprint density at radius 2 is 1.74 bits per heavy atom. The molecule has 1 aromatic heterocycles. The molecule has 0 aliphatic heterocycles. The summed E-state index contributed by atoms with van der Waals surface area (Å²) in [7, 11) is 0. The Labute approximate surface area is 196 Å². The van der Waals surface area contributed by atoms with Crippen LogP contribution in [0.3, 0.4) is 0 Å². The number of phenols is 1. The maximum Gasteiger partial charge on any atom is 0.326 e. The summed E-state index contributed by atoms with van der Waals surface area (Å²) < 4.78 is 0. The van der Waals surface area contributed by atoms with E-state index in [2.05, 4.69) is 25.9 Å². The van der Waals surface area contributed by atoms with Crippen LogP contribution in [-0.4, -0.2) is 68.5 Å². The van der Waals surface area contributed by atoms with E-state index in [4.69, 9.17) is 5.73 Å². The summed E-state index contributed by atoms with van der Waals surface area (Å²) >= 11 is 0. The number of nitrogens with one attached hydrogen (secondary N) is 4. The second-order valence-corrected chi connectivity index (χ2v) is 8.16. The smallest absolute Gasteiger partial charge is 0.326 e. The number of amides is 3. The van der Waals surface area contributed by atoms with Crippen molar-refractivity contribution in [2.24, 2.45) is 11.7 Å². The molecule has 3 atom stereocenters. The van der Waals surface area contributed by atoms with Crippen LogP contribution in [-0.2, 0) is 32.0 Å². The van der Waals surface area contributed by atoms with E-state index in [9.17, 15) is 29.4 Å². The molecule has 0 bridgehead atoms. The summed E-state index contributed by atoms with van der Waals surface area (Å²) in [6.45, 7) is 2.99. The van der Waals surface area contributed by atoms with Crippen LogP contribution >= 0.6 is 0 Å².